The van der Waals surface area contributed by atoms with Gasteiger partial charge in [0, 0.05) is 29.9 Å². The predicted octanol–water partition coefficient (Wildman–Crippen LogP) is 7.15. The zero-order chi connectivity index (χ0) is 28.2. The summed E-state index contributed by atoms with van der Waals surface area (Å²) in [5, 5.41) is 0.654. The highest BCUT2D eigenvalue weighted by molar-refractivity contribution is 7.20. The molecule has 7 nitrogen and oxygen atoms in total. The summed E-state index contributed by atoms with van der Waals surface area (Å²) in [6.45, 7) is 11.0. The van der Waals surface area contributed by atoms with E-state index in [0.29, 0.717) is 49.0 Å². The molecule has 0 radical (unpaired) electrons. The Kier molecular flexibility index (Phi) is 9.36. The van der Waals surface area contributed by atoms with Gasteiger partial charge < -0.3 is 14.4 Å². The molecule has 0 N–H and O–H groups in total. The van der Waals surface area contributed by atoms with Crippen molar-refractivity contribution in [2.75, 3.05) is 24.6 Å². The molecule has 1 aliphatic carbocycles. The molecule has 2 fully saturated rings. The van der Waals surface area contributed by atoms with E-state index in [9.17, 15) is 14.4 Å². The van der Waals surface area contributed by atoms with Gasteiger partial charge in [0.1, 0.15) is 10.6 Å². The summed E-state index contributed by atoms with van der Waals surface area (Å²) < 4.78 is 11.0. The number of piperidine rings is 1. The Hall–Kier alpha value is -2.87. The monoisotopic (exact) mass is 554 g/mol. The molecule has 8 heteroatoms. The van der Waals surface area contributed by atoms with Crippen LogP contribution in [0.25, 0.3) is 10.4 Å². The van der Waals surface area contributed by atoms with Crippen molar-refractivity contribution in [1.29, 1.82) is 0 Å². The van der Waals surface area contributed by atoms with Crippen molar-refractivity contribution < 1.29 is 23.9 Å². The fourth-order valence-electron chi connectivity index (χ4n) is 5.46. The second-order valence-electron chi connectivity index (χ2n) is 11.8. The summed E-state index contributed by atoms with van der Waals surface area (Å²) in [5.41, 5.74) is 0.761. The molecule has 39 heavy (non-hydrogen) atoms. The fourth-order valence-corrected chi connectivity index (χ4v) is 6.68. The lowest BCUT2D eigenvalue weighted by molar-refractivity contribution is -0.124. The molecule has 1 saturated carbocycles. The van der Waals surface area contributed by atoms with Crippen LogP contribution in [0.15, 0.2) is 36.4 Å². The third-order valence-corrected chi connectivity index (χ3v) is 8.75. The van der Waals surface area contributed by atoms with Crippen molar-refractivity contribution in [3.63, 3.8) is 0 Å². The predicted molar refractivity (Wildman–Crippen MR) is 155 cm³/mol. The summed E-state index contributed by atoms with van der Waals surface area (Å²) in [7, 11) is 0. The van der Waals surface area contributed by atoms with Gasteiger partial charge in [0.15, 0.2) is 0 Å². The molecule has 0 atom stereocenters. The SMILES string of the molecule is CCOC(=O)N1CCC(N(C(=O)C2CCC(C)CC2)c2sc(-c3ccccc3)cc2C(=O)OC(C)(C)C)CC1. The van der Waals surface area contributed by atoms with Crippen LogP contribution in [0.4, 0.5) is 9.80 Å². The summed E-state index contributed by atoms with van der Waals surface area (Å²) in [4.78, 5) is 44.7. The number of esters is 1. The van der Waals surface area contributed by atoms with Gasteiger partial charge in [-0.25, -0.2) is 9.59 Å². The lowest BCUT2D eigenvalue weighted by Crippen LogP contribution is -2.51. The first-order valence-corrected chi connectivity index (χ1v) is 15.1. The van der Waals surface area contributed by atoms with Crippen molar-refractivity contribution in [2.24, 2.45) is 11.8 Å². The quantitative estimate of drug-likeness (QED) is 0.355. The summed E-state index contributed by atoms with van der Waals surface area (Å²) in [6, 6.07) is 11.7. The Morgan fingerprint density at radius 2 is 1.64 bits per heavy atom. The summed E-state index contributed by atoms with van der Waals surface area (Å²) in [5.74, 6) is 0.217. The third-order valence-electron chi connectivity index (χ3n) is 7.57. The zero-order valence-corrected chi connectivity index (χ0v) is 24.7. The van der Waals surface area contributed by atoms with Gasteiger partial charge in [-0.3, -0.25) is 9.69 Å². The number of rotatable bonds is 6. The van der Waals surface area contributed by atoms with E-state index in [0.717, 1.165) is 36.1 Å². The van der Waals surface area contributed by atoms with Gasteiger partial charge in [0.2, 0.25) is 5.91 Å². The van der Waals surface area contributed by atoms with Gasteiger partial charge in [0.25, 0.3) is 0 Å². The van der Waals surface area contributed by atoms with E-state index in [4.69, 9.17) is 9.47 Å². The Morgan fingerprint density at radius 1 is 1.00 bits per heavy atom. The van der Waals surface area contributed by atoms with Gasteiger partial charge in [-0.05, 0) is 83.8 Å². The highest BCUT2D eigenvalue weighted by atomic mass is 32.1. The van der Waals surface area contributed by atoms with Crippen molar-refractivity contribution >= 4 is 34.3 Å². The number of anilines is 1. The normalized spacial score (nSPS) is 20.4. The maximum absolute atomic E-state index is 14.3. The summed E-state index contributed by atoms with van der Waals surface area (Å²) in [6.07, 6.45) is 4.72. The average molecular weight is 555 g/mol. The van der Waals surface area contributed by atoms with Gasteiger partial charge >= 0.3 is 12.1 Å². The molecule has 0 unspecified atom stereocenters. The van der Waals surface area contributed by atoms with Gasteiger partial charge in [-0.1, -0.05) is 37.3 Å². The number of carbonyl (C=O) groups excluding carboxylic acids is 3. The lowest BCUT2D eigenvalue weighted by Gasteiger charge is -2.40. The highest BCUT2D eigenvalue weighted by Gasteiger charge is 2.39. The number of benzene rings is 1. The van der Waals surface area contributed by atoms with Gasteiger partial charge in [0.05, 0.1) is 12.2 Å². The van der Waals surface area contributed by atoms with Crippen molar-refractivity contribution in [1.82, 2.24) is 4.90 Å². The van der Waals surface area contributed by atoms with Crippen LogP contribution >= 0.6 is 11.3 Å². The molecule has 0 spiro atoms. The van der Waals surface area contributed by atoms with Gasteiger partial charge in [-0.2, -0.15) is 0 Å². The smallest absolute Gasteiger partial charge is 0.409 e. The van der Waals surface area contributed by atoms with Crippen molar-refractivity contribution in [3.05, 3.63) is 42.0 Å². The molecule has 2 amide bonds. The third kappa shape index (κ3) is 7.21. The van der Waals surface area contributed by atoms with Gasteiger partial charge in [-0.15, -0.1) is 11.3 Å². The van der Waals surface area contributed by atoms with E-state index >= 15 is 0 Å². The molecule has 2 aliphatic rings. The fraction of sp³-hybridized carbons (Fsp3) is 0.581. The molecule has 2 heterocycles. The van der Waals surface area contributed by atoms with Crippen LogP contribution in [-0.2, 0) is 14.3 Å². The first kappa shape index (κ1) is 29.1. The first-order chi connectivity index (χ1) is 18.6. The molecular weight excluding hydrogens is 512 g/mol. The average Bonchev–Trinajstić information content (AvgIpc) is 3.34. The zero-order valence-electron chi connectivity index (χ0n) is 23.9. The maximum Gasteiger partial charge on any atom is 0.409 e. The molecule has 1 saturated heterocycles. The molecule has 2 aromatic rings. The highest BCUT2D eigenvalue weighted by Crippen LogP contribution is 2.42. The molecule has 1 aromatic carbocycles. The second kappa shape index (κ2) is 12.5. The number of thiophene rings is 1. The minimum Gasteiger partial charge on any atom is -0.456 e. The molecule has 212 valence electrons. The number of nitrogens with zero attached hydrogens (tertiary/aromatic N) is 2. The van der Waals surface area contributed by atoms with E-state index in [2.05, 4.69) is 6.92 Å². The Morgan fingerprint density at radius 3 is 2.23 bits per heavy atom. The minimum absolute atomic E-state index is 0.0713. The minimum atomic E-state index is -0.664. The van der Waals surface area contributed by atoms with Crippen LogP contribution in [0.5, 0.6) is 0 Å². The van der Waals surface area contributed by atoms with Crippen molar-refractivity contribution in [2.45, 2.75) is 84.8 Å². The van der Waals surface area contributed by atoms with E-state index in [1.165, 1.54) is 11.3 Å². The standard InChI is InChI=1S/C31H42N2O5S/c1-6-37-30(36)32-18-16-24(17-19-32)33(27(34)23-14-12-21(2)13-15-23)28-25(29(35)38-31(3,4)5)20-26(39-28)22-10-8-7-9-11-22/h7-11,20-21,23-24H,6,12-19H2,1-5H3. The molecular formula is C31H42N2O5S. The largest absolute Gasteiger partial charge is 0.456 e. The maximum atomic E-state index is 14.3. The number of hydrogen-bond donors (Lipinski definition) is 0. The lowest BCUT2D eigenvalue weighted by atomic mass is 9.82. The second-order valence-corrected chi connectivity index (χ2v) is 12.8. The van der Waals surface area contributed by atoms with Crippen LogP contribution < -0.4 is 4.90 Å². The Balaban J connectivity index is 1.73. The van der Waals surface area contributed by atoms with E-state index in [-0.39, 0.29) is 24.0 Å². The van der Waals surface area contributed by atoms with Crippen LogP contribution in [0.2, 0.25) is 0 Å². The number of amides is 2. The molecule has 0 bridgehead atoms. The van der Waals surface area contributed by atoms with Crippen molar-refractivity contribution in [3.8, 4) is 10.4 Å². The molecule has 4 rings (SSSR count). The summed E-state index contributed by atoms with van der Waals surface area (Å²) >= 11 is 1.48. The van der Waals surface area contributed by atoms with E-state index in [1.54, 1.807) is 11.8 Å². The molecule has 1 aliphatic heterocycles. The number of hydrogen-bond acceptors (Lipinski definition) is 6. The molecule has 1 aromatic heterocycles. The van der Waals surface area contributed by atoms with E-state index < -0.39 is 11.6 Å². The van der Waals surface area contributed by atoms with E-state index in [1.807, 2.05) is 62.1 Å². The Labute approximate surface area is 236 Å². The number of likely N-dealkylation sites (tertiary alicyclic amines) is 1. The first-order valence-electron chi connectivity index (χ1n) is 14.2. The Bertz CT molecular complexity index is 1140. The van der Waals surface area contributed by atoms with Crippen LogP contribution in [0.3, 0.4) is 0 Å². The van der Waals surface area contributed by atoms with Crippen LogP contribution in [0, 0.1) is 11.8 Å². The van der Waals surface area contributed by atoms with Crippen LogP contribution in [-0.4, -0.2) is 54.2 Å². The number of ether oxygens (including phenoxy) is 2. The number of carbonyl (C=O) groups is 3. The van der Waals surface area contributed by atoms with Crippen LogP contribution in [0.1, 0.15) is 83.5 Å². The topological polar surface area (TPSA) is 76.2 Å².